The Bertz CT molecular complexity index is 525. The number of nitrogens with zero attached hydrogens (tertiary/aromatic N) is 3. The summed E-state index contributed by atoms with van der Waals surface area (Å²) in [5, 5.41) is 7.79. The molecule has 0 aliphatic heterocycles. The molecule has 0 bridgehead atoms. The van der Waals surface area contributed by atoms with Gasteiger partial charge in [-0.05, 0) is 6.92 Å². The second kappa shape index (κ2) is 4.06. The third-order valence-electron chi connectivity index (χ3n) is 2.07. The molecule has 1 aromatic heterocycles. The first kappa shape index (κ1) is 10.2. The third-order valence-corrected chi connectivity index (χ3v) is 2.07. The molecule has 0 aliphatic carbocycles. The van der Waals surface area contributed by atoms with Crippen molar-refractivity contribution in [2.45, 2.75) is 6.92 Å². The summed E-state index contributed by atoms with van der Waals surface area (Å²) >= 11 is 0. The Labute approximate surface area is 92.3 Å². The molecule has 5 heteroatoms. The number of benzene rings is 1. The number of hydrogen-bond acceptors (Lipinski definition) is 4. The van der Waals surface area contributed by atoms with E-state index in [4.69, 9.17) is 5.73 Å². The molecule has 1 amide bonds. The second-order valence-electron chi connectivity index (χ2n) is 3.29. The quantitative estimate of drug-likeness (QED) is 0.806. The Hall–Kier alpha value is -2.30. The number of carbonyl (C=O) groups is 1. The highest BCUT2D eigenvalue weighted by Gasteiger charge is 2.14. The van der Waals surface area contributed by atoms with Crippen LogP contribution in [0.4, 0.5) is 0 Å². The fourth-order valence-electron chi connectivity index (χ4n) is 1.37. The maximum atomic E-state index is 11.2. The largest absolute Gasteiger partial charge is 0.364 e. The lowest BCUT2D eigenvalue weighted by molar-refractivity contribution is 0.0995. The van der Waals surface area contributed by atoms with E-state index in [1.807, 2.05) is 30.3 Å². The van der Waals surface area contributed by atoms with Gasteiger partial charge in [-0.25, -0.2) is 4.98 Å². The number of aromatic nitrogens is 3. The van der Waals surface area contributed by atoms with Crippen LogP contribution < -0.4 is 5.73 Å². The van der Waals surface area contributed by atoms with Gasteiger partial charge in [-0.2, -0.15) is 0 Å². The van der Waals surface area contributed by atoms with Crippen molar-refractivity contribution in [1.29, 1.82) is 0 Å². The summed E-state index contributed by atoms with van der Waals surface area (Å²) in [7, 11) is 0. The van der Waals surface area contributed by atoms with Crippen molar-refractivity contribution >= 4 is 5.91 Å². The molecule has 1 heterocycles. The van der Waals surface area contributed by atoms with Crippen LogP contribution in [0.3, 0.4) is 0 Å². The minimum absolute atomic E-state index is 0.152. The van der Waals surface area contributed by atoms with Gasteiger partial charge in [0.1, 0.15) is 11.5 Å². The van der Waals surface area contributed by atoms with Crippen LogP contribution in [0.2, 0.25) is 0 Å². The third kappa shape index (κ3) is 1.88. The van der Waals surface area contributed by atoms with E-state index in [-0.39, 0.29) is 5.69 Å². The summed E-state index contributed by atoms with van der Waals surface area (Å²) in [5.41, 5.74) is 6.59. The summed E-state index contributed by atoms with van der Waals surface area (Å²) in [6.45, 7) is 1.66. The van der Waals surface area contributed by atoms with Crippen LogP contribution in [0.5, 0.6) is 0 Å². The maximum Gasteiger partial charge on any atom is 0.269 e. The minimum Gasteiger partial charge on any atom is -0.364 e. The lowest BCUT2D eigenvalue weighted by Crippen LogP contribution is -2.17. The van der Waals surface area contributed by atoms with Crippen molar-refractivity contribution in [2.75, 3.05) is 0 Å². The average Bonchev–Trinajstić information content (AvgIpc) is 2.30. The van der Waals surface area contributed by atoms with E-state index in [9.17, 15) is 4.79 Å². The number of nitrogens with two attached hydrogens (primary N) is 1. The van der Waals surface area contributed by atoms with E-state index in [2.05, 4.69) is 15.2 Å². The molecule has 1 aromatic carbocycles. The van der Waals surface area contributed by atoms with Crippen molar-refractivity contribution < 1.29 is 4.79 Å². The lowest BCUT2D eigenvalue weighted by Gasteiger charge is -2.04. The van der Waals surface area contributed by atoms with Crippen molar-refractivity contribution in [2.24, 2.45) is 5.73 Å². The highest BCUT2D eigenvalue weighted by molar-refractivity contribution is 5.96. The summed E-state index contributed by atoms with van der Waals surface area (Å²) in [6, 6.07) is 9.23. The highest BCUT2D eigenvalue weighted by atomic mass is 16.1. The van der Waals surface area contributed by atoms with Crippen LogP contribution in [-0.2, 0) is 0 Å². The average molecular weight is 214 g/mol. The van der Waals surface area contributed by atoms with Gasteiger partial charge in [0, 0.05) is 5.56 Å². The van der Waals surface area contributed by atoms with Gasteiger partial charge in [-0.1, -0.05) is 30.3 Å². The zero-order valence-corrected chi connectivity index (χ0v) is 8.71. The van der Waals surface area contributed by atoms with Crippen molar-refractivity contribution in [3.8, 4) is 11.3 Å². The monoisotopic (exact) mass is 214 g/mol. The number of hydrogen-bond donors (Lipinski definition) is 1. The van der Waals surface area contributed by atoms with E-state index >= 15 is 0 Å². The molecule has 0 spiro atoms. The van der Waals surface area contributed by atoms with Gasteiger partial charge < -0.3 is 5.73 Å². The molecule has 0 radical (unpaired) electrons. The SMILES string of the molecule is Cc1nnc(-c2ccccc2)c(C(N)=O)n1. The standard InChI is InChI=1S/C11H10N4O/c1-7-13-10(11(12)16)9(15-14-7)8-5-3-2-4-6-8/h2-6H,1H3,(H2,12,16). The predicted octanol–water partition coefficient (Wildman–Crippen LogP) is 0.946. The Morgan fingerprint density at radius 2 is 1.88 bits per heavy atom. The Balaban J connectivity index is 2.61. The summed E-state index contributed by atoms with van der Waals surface area (Å²) in [5.74, 6) is -0.176. The van der Waals surface area contributed by atoms with Crippen LogP contribution in [0.1, 0.15) is 16.3 Å². The smallest absolute Gasteiger partial charge is 0.269 e. The molecular formula is C11H10N4O. The lowest BCUT2D eigenvalue weighted by atomic mass is 10.1. The summed E-state index contributed by atoms with van der Waals surface area (Å²) in [4.78, 5) is 15.2. The van der Waals surface area contributed by atoms with E-state index in [1.54, 1.807) is 6.92 Å². The molecular weight excluding hydrogens is 204 g/mol. The summed E-state index contributed by atoms with van der Waals surface area (Å²) in [6.07, 6.45) is 0. The fourth-order valence-corrected chi connectivity index (χ4v) is 1.37. The van der Waals surface area contributed by atoms with Gasteiger partial charge in [-0.15, -0.1) is 10.2 Å². The minimum atomic E-state index is -0.600. The first-order chi connectivity index (χ1) is 7.68. The van der Waals surface area contributed by atoms with Crippen LogP contribution in [0, 0.1) is 6.92 Å². The molecule has 2 N–H and O–H groups in total. The molecule has 0 unspecified atom stereocenters. The van der Waals surface area contributed by atoms with E-state index in [1.165, 1.54) is 0 Å². The van der Waals surface area contributed by atoms with Crippen LogP contribution in [0.25, 0.3) is 11.3 Å². The first-order valence-electron chi connectivity index (χ1n) is 4.75. The van der Waals surface area contributed by atoms with Gasteiger partial charge in [0.15, 0.2) is 5.69 Å². The van der Waals surface area contributed by atoms with Crippen molar-refractivity contribution in [3.05, 3.63) is 41.9 Å². The molecule has 5 nitrogen and oxygen atoms in total. The number of rotatable bonds is 2. The Morgan fingerprint density at radius 1 is 1.19 bits per heavy atom. The molecule has 2 rings (SSSR count). The number of carbonyl (C=O) groups excluding carboxylic acids is 1. The zero-order valence-electron chi connectivity index (χ0n) is 8.71. The van der Waals surface area contributed by atoms with Gasteiger partial charge in [-0.3, -0.25) is 4.79 Å². The molecule has 80 valence electrons. The number of aryl methyl sites for hydroxylation is 1. The van der Waals surface area contributed by atoms with Crippen LogP contribution in [-0.4, -0.2) is 21.1 Å². The maximum absolute atomic E-state index is 11.2. The molecule has 16 heavy (non-hydrogen) atoms. The van der Waals surface area contributed by atoms with Crippen molar-refractivity contribution in [3.63, 3.8) is 0 Å². The second-order valence-corrected chi connectivity index (χ2v) is 3.29. The first-order valence-corrected chi connectivity index (χ1v) is 4.75. The molecule has 0 fully saturated rings. The van der Waals surface area contributed by atoms with Gasteiger partial charge >= 0.3 is 0 Å². The molecule has 0 saturated heterocycles. The highest BCUT2D eigenvalue weighted by Crippen LogP contribution is 2.18. The zero-order chi connectivity index (χ0) is 11.5. The molecule has 0 atom stereocenters. The number of primary amides is 1. The molecule has 0 aliphatic rings. The van der Waals surface area contributed by atoms with Gasteiger partial charge in [0.05, 0.1) is 0 Å². The fraction of sp³-hybridized carbons (Fsp3) is 0.0909. The van der Waals surface area contributed by atoms with Crippen LogP contribution >= 0.6 is 0 Å². The Kier molecular flexibility index (Phi) is 2.59. The van der Waals surface area contributed by atoms with E-state index in [0.29, 0.717) is 11.5 Å². The summed E-state index contributed by atoms with van der Waals surface area (Å²) < 4.78 is 0. The van der Waals surface area contributed by atoms with Gasteiger partial charge in [0.25, 0.3) is 5.91 Å². The van der Waals surface area contributed by atoms with E-state index < -0.39 is 5.91 Å². The number of amides is 1. The van der Waals surface area contributed by atoms with Crippen molar-refractivity contribution in [1.82, 2.24) is 15.2 Å². The normalized spacial score (nSPS) is 10.1. The van der Waals surface area contributed by atoms with E-state index in [0.717, 1.165) is 5.56 Å². The molecule has 0 saturated carbocycles. The molecule has 2 aromatic rings. The van der Waals surface area contributed by atoms with Crippen LogP contribution in [0.15, 0.2) is 30.3 Å². The predicted molar refractivity (Wildman–Crippen MR) is 58.5 cm³/mol. The topological polar surface area (TPSA) is 81.8 Å². The Morgan fingerprint density at radius 3 is 2.50 bits per heavy atom. The van der Waals surface area contributed by atoms with Gasteiger partial charge in [0.2, 0.25) is 0 Å².